The number of anilines is 2. The summed E-state index contributed by atoms with van der Waals surface area (Å²) in [4.78, 5) is 14.2. The van der Waals surface area contributed by atoms with Crippen LogP contribution in [0.2, 0.25) is 0 Å². The lowest BCUT2D eigenvalue weighted by Gasteiger charge is -2.29. The lowest BCUT2D eigenvalue weighted by molar-refractivity contribution is -0.137. The van der Waals surface area contributed by atoms with Crippen LogP contribution < -0.4 is 10.2 Å². The van der Waals surface area contributed by atoms with Gasteiger partial charge in [0.2, 0.25) is 5.91 Å². The Morgan fingerprint density at radius 2 is 1.96 bits per heavy atom. The third-order valence-electron chi connectivity index (χ3n) is 4.98. The number of alkyl halides is 3. The number of amides is 1. The smallest absolute Gasteiger partial charge is 0.418 e. The predicted octanol–water partition coefficient (Wildman–Crippen LogP) is 3.88. The molecule has 4 rings (SSSR count). The topological polar surface area (TPSA) is 54.7 Å². The van der Waals surface area contributed by atoms with E-state index in [2.05, 4.69) is 5.32 Å². The first kappa shape index (κ1) is 17.9. The molecule has 2 aromatic rings. The van der Waals surface area contributed by atoms with Crippen molar-refractivity contribution in [1.29, 1.82) is 0 Å². The van der Waals surface area contributed by atoms with E-state index in [1.54, 1.807) is 18.2 Å². The Morgan fingerprint density at radius 3 is 2.63 bits per heavy atom. The van der Waals surface area contributed by atoms with Crippen LogP contribution in [0.15, 0.2) is 41.0 Å². The quantitative estimate of drug-likeness (QED) is 0.875. The van der Waals surface area contributed by atoms with E-state index in [0.29, 0.717) is 44.2 Å². The van der Waals surface area contributed by atoms with Crippen LogP contribution in [-0.2, 0) is 15.7 Å². The van der Waals surface area contributed by atoms with Gasteiger partial charge in [-0.25, -0.2) is 0 Å². The molecule has 27 heavy (non-hydrogen) atoms. The Hall–Kier alpha value is -2.48. The first-order valence-corrected chi connectivity index (χ1v) is 8.81. The molecule has 1 aromatic heterocycles. The molecule has 8 heteroatoms. The summed E-state index contributed by atoms with van der Waals surface area (Å²) in [5.41, 5.74) is -0.576. The van der Waals surface area contributed by atoms with Crippen LogP contribution in [0.4, 0.5) is 24.5 Å². The largest absolute Gasteiger partial charge is 0.469 e. The molecule has 1 N–H and O–H groups in total. The van der Waals surface area contributed by atoms with E-state index < -0.39 is 17.6 Å². The minimum Gasteiger partial charge on any atom is -0.469 e. The van der Waals surface area contributed by atoms with Gasteiger partial charge >= 0.3 is 6.18 Å². The van der Waals surface area contributed by atoms with Crippen molar-refractivity contribution in [3.63, 3.8) is 0 Å². The zero-order valence-corrected chi connectivity index (χ0v) is 14.5. The lowest BCUT2D eigenvalue weighted by Crippen LogP contribution is -2.36. The van der Waals surface area contributed by atoms with E-state index in [-0.39, 0.29) is 17.5 Å². The summed E-state index contributed by atoms with van der Waals surface area (Å²) in [6.07, 6.45) is -2.46. The number of carbonyl (C=O) groups is 1. The second-order valence-corrected chi connectivity index (χ2v) is 6.78. The zero-order valence-electron chi connectivity index (χ0n) is 14.5. The number of ether oxygens (including phenoxy) is 1. The normalized spacial score (nSPS) is 22.6. The summed E-state index contributed by atoms with van der Waals surface area (Å²) < 4.78 is 51.2. The van der Waals surface area contributed by atoms with Gasteiger partial charge in [-0.1, -0.05) is 0 Å². The first-order valence-electron chi connectivity index (χ1n) is 8.81. The number of hydrogen-bond donors (Lipinski definition) is 1. The van der Waals surface area contributed by atoms with Crippen molar-refractivity contribution >= 4 is 17.3 Å². The predicted molar refractivity (Wildman–Crippen MR) is 92.7 cm³/mol. The molecule has 0 spiro atoms. The molecule has 1 aliphatic heterocycles. The minimum atomic E-state index is -4.56. The van der Waals surface area contributed by atoms with Gasteiger partial charge < -0.3 is 19.4 Å². The maximum absolute atomic E-state index is 13.6. The summed E-state index contributed by atoms with van der Waals surface area (Å²) in [7, 11) is 0. The van der Waals surface area contributed by atoms with Crippen molar-refractivity contribution in [2.75, 3.05) is 36.5 Å². The molecular weight excluding hydrogens is 361 g/mol. The van der Waals surface area contributed by atoms with E-state index in [9.17, 15) is 18.0 Å². The number of carbonyl (C=O) groups excluding carboxylic acids is 1. The van der Waals surface area contributed by atoms with Crippen molar-refractivity contribution in [1.82, 2.24) is 0 Å². The first-order chi connectivity index (χ1) is 12.9. The molecule has 2 fully saturated rings. The van der Waals surface area contributed by atoms with E-state index in [4.69, 9.17) is 9.15 Å². The van der Waals surface area contributed by atoms with Gasteiger partial charge in [0.1, 0.15) is 5.76 Å². The fraction of sp³-hybridized carbons (Fsp3) is 0.421. The van der Waals surface area contributed by atoms with Crippen LogP contribution >= 0.6 is 0 Å². The number of furan rings is 1. The highest BCUT2D eigenvalue weighted by Crippen LogP contribution is 2.48. The van der Waals surface area contributed by atoms with Crippen LogP contribution in [0.5, 0.6) is 0 Å². The molecule has 2 heterocycles. The van der Waals surface area contributed by atoms with Gasteiger partial charge in [0.25, 0.3) is 0 Å². The molecule has 1 saturated heterocycles. The van der Waals surface area contributed by atoms with Gasteiger partial charge in [-0.15, -0.1) is 0 Å². The van der Waals surface area contributed by atoms with Gasteiger partial charge in [0, 0.05) is 30.6 Å². The Kier molecular flexibility index (Phi) is 4.59. The highest BCUT2D eigenvalue weighted by Gasteiger charge is 2.46. The Bertz CT molecular complexity index is 814. The summed E-state index contributed by atoms with van der Waals surface area (Å²) >= 11 is 0. The van der Waals surface area contributed by atoms with Crippen molar-refractivity contribution in [2.45, 2.75) is 18.5 Å². The maximum Gasteiger partial charge on any atom is 0.418 e. The summed E-state index contributed by atoms with van der Waals surface area (Å²) in [5.74, 6) is -0.159. The molecule has 2 atom stereocenters. The number of hydrogen-bond acceptors (Lipinski definition) is 4. The number of rotatable bonds is 4. The van der Waals surface area contributed by atoms with Crippen LogP contribution in [-0.4, -0.2) is 32.2 Å². The molecule has 5 nitrogen and oxygen atoms in total. The molecule has 1 aliphatic carbocycles. The summed E-state index contributed by atoms with van der Waals surface area (Å²) in [6, 6.07) is 7.53. The molecule has 1 amide bonds. The van der Waals surface area contributed by atoms with E-state index in [1.807, 2.05) is 4.90 Å². The number of nitrogens with one attached hydrogen (secondary N) is 1. The molecule has 144 valence electrons. The second-order valence-electron chi connectivity index (χ2n) is 6.78. The average molecular weight is 380 g/mol. The fourth-order valence-electron chi connectivity index (χ4n) is 3.42. The molecule has 2 aliphatic rings. The Labute approximate surface area is 154 Å². The highest BCUT2D eigenvalue weighted by molar-refractivity contribution is 5.96. The number of morpholine rings is 1. The Morgan fingerprint density at radius 1 is 1.19 bits per heavy atom. The van der Waals surface area contributed by atoms with Crippen molar-refractivity contribution in [3.8, 4) is 0 Å². The van der Waals surface area contributed by atoms with E-state index in [0.717, 1.165) is 6.07 Å². The average Bonchev–Trinajstić information content (AvgIpc) is 3.27. The van der Waals surface area contributed by atoms with Crippen LogP contribution in [0, 0.1) is 5.92 Å². The third-order valence-corrected chi connectivity index (χ3v) is 4.98. The minimum absolute atomic E-state index is 0.0676. The summed E-state index contributed by atoms with van der Waals surface area (Å²) in [6.45, 7) is 2.04. The van der Waals surface area contributed by atoms with Crippen molar-refractivity contribution in [2.24, 2.45) is 5.92 Å². The zero-order chi connectivity index (χ0) is 19.0. The monoisotopic (exact) mass is 380 g/mol. The lowest BCUT2D eigenvalue weighted by atomic mass is 10.1. The second kappa shape index (κ2) is 6.92. The highest BCUT2D eigenvalue weighted by atomic mass is 19.4. The fourth-order valence-corrected chi connectivity index (χ4v) is 3.42. The van der Waals surface area contributed by atoms with Gasteiger partial charge in [0.15, 0.2) is 0 Å². The van der Waals surface area contributed by atoms with Crippen molar-refractivity contribution in [3.05, 3.63) is 47.9 Å². The Balaban J connectivity index is 1.52. The number of nitrogens with zero attached hydrogens (tertiary/aromatic N) is 1. The van der Waals surface area contributed by atoms with Crippen LogP contribution in [0.1, 0.15) is 23.7 Å². The SMILES string of the molecule is O=C(Nc1ccc(N2CCOCC2)cc1C(F)(F)F)[C@H]1C[C@H]1c1ccco1. The van der Waals surface area contributed by atoms with Gasteiger partial charge in [-0.05, 0) is 36.8 Å². The molecule has 1 aromatic carbocycles. The number of halogens is 3. The van der Waals surface area contributed by atoms with Gasteiger partial charge in [0.05, 0.1) is 30.7 Å². The molecule has 0 radical (unpaired) electrons. The molecule has 0 bridgehead atoms. The van der Waals surface area contributed by atoms with Crippen LogP contribution in [0.3, 0.4) is 0 Å². The van der Waals surface area contributed by atoms with Crippen LogP contribution in [0.25, 0.3) is 0 Å². The maximum atomic E-state index is 13.6. The standard InChI is InChI=1S/C19H19F3N2O3/c20-19(21,22)15-10-12(24-5-8-26-9-6-24)3-4-16(15)23-18(25)14-11-13(14)17-2-1-7-27-17/h1-4,7,10,13-14H,5-6,8-9,11H2,(H,23,25)/t13-,14+/m1/s1. The molecule has 0 unspecified atom stereocenters. The van der Waals surface area contributed by atoms with E-state index in [1.165, 1.54) is 12.3 Å². The van der Waals surface area contributed by atoms with E-state index >= 15 is 0 Å². The van der Waals surface area contributed by atoms with Gasteiger partial charge in [-0.2, -0.15) is 13.2 Å². The van der Waals surface area contributed by atoms with Gasteiger partial charge in [-0.3, -0.25) is 4.79 Å². The summed E-state index contributed by atoms with van der Waals surface area (Å²) in [5, 5.41) is 2.46. The molecule has 1 saturated carbocycles. The van der Waals surface area contributed by atoms with Crippen molar-refractivity contribution < 1.29 is 27.1 Å². The number of benzene rings is 1. The third kappa shape index (κ3) is 3.80. The molecular formula is C19H19F3N2O3.